The van der Waals surface area contributed by atoms with Crippen LogP contribution in [-0.4, -0.2) is 36.0 Å². The van der Waals surface area contributed by atoms with Gasteiger partial charge < -0.3 is 14.6 Å². The number of hydrogen-bond donors (Lipinski definition) is 1. The van der Waals surface area contributed by atoms with E-state index >= 15 is 0 Å². The van der Waals surface area contributed by atoms with Gasteiger partial charge in [0.05, 0.1) is 18.1 Å². The van der Waals surface area contributed by atoms with E-state index in [2.05, 4.69) is 0 Å². The van der Waals surface area contributed by atoms with Gasteiger partial charge in [-0.05, 0) is 58.3 Å². The third-order valence-electron chi connectivity index (χ3n) is 4.34. The molecule has 4 heteroatoms. The fourth-order valence-electron chi connectivity index (χ4n) is 3.12. The molecule has 0 aromatic rings. The van der Waals surface area contributed by atoms with Crippen LogP contribution in [0.2, 0.25) is 0 Å². The van der Waals surface area contributed by atoms with Gasteiger partial charge in [0.15, 0.2) is 0 Å². The van der Waals surface area contributed by atoms with Gasteiger partial charge in [0.25, 0.3) is 0 Å². The van der Waals surface area contributed by atoms with Gasteiger partial charge in [-0.3, -0.25) is 4.79 Å². The Bertz CT molecular complexity index is 276. The lowest BCUT2D eigenvalue weighted by atomic mass is 9.87. The fourth-order valence-corrected chi connectivity index (χ4v) is 3.12. The van der Waals surface area contributed by atoms with E-state index in [4.69, 9.17) is 9.47 Å². The van der Waals surface area contributed by atoms with Gasteiger partial charge in [0.1, 0.15) is 6.10 Å². The first-order valence-corrected chi connectivity index (χ1v) is 7.69. The fraction of sp³-hybridized carbons (Fsp3) is 0.933. The highest BCUT2D eigenvalue weighted by atomic mass is 16.5. The van der Waals surface area contributed by atoms with Gasteiger partial charge >= 0.3 is 5.97 Å². The van der Waals surface area contributed by atoms with Gasteiger partial charge in [0.2, 0.25) is 0 Å². The standard InChI is InChI=1S/C15H26O4/c1-2-18-13-7-3-11(4-8-13)15(17)19-14-9-5-12(16)6-10-14/h11-14,16H,2-10H2,1H3. The molecule has 2 rings (SSSR count). The van der Waals surface area contributed by atoms with Crippen LogP contribution in [0.5, 0.6) is 0 Å². The number of carbonyl (C=O) groups excluding carboxylic acids is 1. The highest BCUT2D eigenvalue weighted by Crippen LogP contribution is 2.29. The molecule has 0 atom stereocenters. The lowest BCUT2D eigenvalue weighted by molar-refractivity contribution is -0.158. The molecule has 110 valence electrons. The predicted molar refractivity (Wildman–Crippen MR) is 71.7 cm³/mol. The Morgan fingerprint density at radius 3 is 2.16 bits per heavy atom. The number of carbonyl (C=O) groups is 1. The van der Waals surface area contributed by atoms with Crippen LogP contribution < -0.4 is 0 Å². The second-order valence-electron chi connectivity index (χ2n) is 5.80. The van der Waals surface area contributed by atoms with E-state index < -0.39 is 0 Å². The average Bonchev–Trinajstić information content (AvgIpc) is 2.42. The minimum atomic E-state index is -0.198. The van der Waals surface area contributed by atoms with Gasteiger partial charge in [-0.25, -0.2) is 0 Å². The highest BCUT2D eigenvalue weighted by Gasteiger charge is 2.30. The molecule has 0 heterocycles. The zero-order valence-electron chi connectivity index (χ0n) is 11.8. The van der Waals surface area contributed by atoms with Crippen molar-refractivity contribution < 1.29 is 19.4 Å². The van der Waals surface area contributed by atoms with Crippen molar-refractivity contribution in [1.29, 1.82) is 0 Å². The number of aliphatic hydroxyl groups excluding tert-OH is 1. The van der Waals surface area contributed by atoms with E-state index in [1.54, 1.807) is 0 Å². The summed E-state index contributed by atoms with van der Waals surface area (Å²) in [5, 5.41) is 9.44. The second kappa shape index (κ2) is 7.25. The van der Waals surface area contributed by atoms with Gasteiger partial charge in [-0.15, -0.1) is 0 Å². The summed E-state index contributed by atoms with van der Waals surface area (Å²) < 4.78 is 11.2. The molecule has 19 heavy (non-hydrogen) atoms. The Morgan fingerprint density at radius 1 is 1.00 bits per heavy atom. The number of rotatable bonds is 4. The quantitative estimate of drug-likeness (QED) is 0.797. The lowest BCUT2D eigenvalue weighted by Gasteiger charge is -2.30. The minimum absolute atomic E-state index is 0.0283. The van der Waals surface area contributed by atoms with Crippen LogP contribution in [0.1, 0.15) is 58.3 Å². The number of esters is 1. The maximum absolute atomic E-state index is 12.1. The first-order valence-electron chi connectivity index (χ1n) is 7.69. The van der Waals surface area contributed by atoms with Crippen molar-refractivity contribution in [2.45, 2.75) is 76.6 Å². The van der Waals surface area contributed by atoms with Crippen molar-refractivity contribution >= 4 is 5.97 Å². The van der Waals surface area contributed by atoms with Crippen molar-refractivity contribution in [3.8, 4) is 0 Å². The number of aliphatic hydroxyl groups is 1. The average molecular weight is 270 g/mol. The highest BCUT2D eigenvalue weighted by molar-refractivity contribution is 5.72. The smallest absolute Gasteiger partial charge is 0.309 e. The van der Waals surface area contributed by atoms with E-state index in [9.17, 15) is 9.90 Å². The molecule has 1 N–H and O–H groups in total. The van der Waals surface area contributed by atoms with E-state index in [-0.39, 0.29) is 24.1 Å². The maximum atomic E-state index is 12.1. The molecule has 0 aliphatic heterocycles. The summed E-state index contributed by atoms with van der Waals surface area (Å²) in [6.45, 7) is 2.77. The molecule has 0 spiro atoms. The molecule has 2 aliphatic rings. The van der Waals surface area contributed by atoms with Crippen LogP contribution in [0.15, 0.2) is 0 Å². The first kappa shape index (κ1) is 14.8. The number of ether oxygens (including phenoxy) is 2. The largest absolute Gasteiger partial charge is 0.462 e. The third-order valence-corrected chi connectivity index (χ3v) is 4.34. The first-order chi connectivity index (χ1) is 9.19. The summed E-state index contributed by atoms with van der Waals surface area (Å²) in [6.07, 6.45) is 7.01. The molecule has 2 saturated carbocycles. The van der Waals surface area contributed by atoms with Gasteiger partial charge in [-0.1, -0.05) is 0 Å². The molecule has 0 aromatic heterocycles. The van der Waals surface area contributed by atoms with Crippen LogP contribution in [-0.2, 0) is 14.3 Å². The molecule has 2 fully saturated rings. The summed E-state index contributed by atoms with van der Waals surface area (Å²) >= 11 is 0. The van der Waals surface area contributed by atoms with Crippen molar-refractivity contribution in [1.82, 2.24) is 0 Å². The SMILES string of the molecule is CCOC1CCC(C(=O)OC2CCC(O)CC2)CC1. The van der Waals surface area contributed by atoms with E-state index in [0.717, 1.165) is 58.0 Å². The van der Waals surface area contributed by atoms with Crippen molar-refractivity contribution in [2.75, 3.05) is 6.61 Å². The summed E-state index contributed by atoms with van der Waals surface area (Å²) in [4.78, 5) is 12.1. The molecular weight excluding hydrogens is 244 g/mol. The summed E-state index contributed by atoms with van der Waals surface area (Å²) in [7, 11) is 0. The van der Waals surface area contributed by atoms with Crippen LogP contribution in [0.3, 0.4) is 0 Å². The molecular formula is C15H26O4. The second-order valence-corrected chi connectivity index (χ2v) is 5.80. The third kappa shape index (κ3) is 4.46. The van der Waals surface area contributed by atoms with Crippen LogP contribution >= 0.6 is 0 Å². The minimum Gasteiger partial charge on any atom is -0.462 e. The Balaban J connectivity index is 1.69. The van der Waals surface area contributed by atoms with Gasteiger partial charge in [0, 0.05) is 6.61 Å². The zero-order chi connectivity index (χ0) is 13.7. The number of hydrogen-bond acceptors (Lipinski definition) is 4. The predicted octanol–water partition coefficient (Wildman–Crippen LogP) is 2.43. The Morgan fingerprint density at radius 2 is 1.58 bits per heavy atom. The molecule has 0 aromatic carbocycles. The maximum Gasteiger partial charge on any atom is 0.309 e. The Hall–Kier alpha value is -0.610. The molecule has 0 bridgehead atoms. The van der Waals surface area contributed by atoms with Crippen molar-refractivity contribution in [3.05, 3.63) is 0 Å². The Labute approximate surface area is 115 Å². The normalized spacial score (nSPS) is 35.9. The topological polar surface area (TPSA) is 55.8 Å². The van der Waals surface area contributed by atoms with Crippen molar-refractivity contribution in [2.24, 2.45) is 5.92 Å². The summed E-state index contributed by atoms with van der Waals surface area (Å²) in [6, 6.07) is 0. The molecule has 0 unspecified atom stereocenters. The van der Waals surface area contributed by atoms with Crippen LogP contribution in [0, 0.1) is 5.92 Å². The summed E-state index contributed by atoms with van der Waals surface area (Å²) in [5.74, 6) is 0.0277. The Kier molecular flexibility index (Phi) is 5.64. The van der Waals surface area contributed by atoms with Crippen molar-refractivity contribution in [3.63, 3.8) is 0 Å². The monoisotopic (exact) mass is 270 g/mol. The van der Waals surface area contributed by atoms with E-state index in [0.29, 0.717) is 6.10 Å². The van der Waals surface area contributed by atoms with E-state index in [1.807, 2.05) is 6.92 Å². The zero-order valence-corrected chi connectivity index (χ0v) is 11.8. The van der Waals surface area contributed by atoms with Gasteiger partial charge in [-0.2, -0.15) is 0 Å². The lowest BCUT2D eigenvalue weighted by Crippen LogP contribution is -2.32. The molecule has 0 radical (unpaired) electrons. The molecule has 0 amide bonds. The molecule has 2 aliphatic carbocycles. The van der Waals surface area contributed by atoms with Crippen LogP contribution in [0.4, 0.5) is 0 Å². The summed E-state index contributed by atoms with van der Waals surface area (Å²) in [5.41, 5.74) is 0. The van der Waals surface area contributed by atoms with E-state index in [1.165, 1.54) is 0 Å². The molecule has 4 nitrogen and oxygen atoms in total. The molecule has 0 saturated heterocycles. The van der Waals surface area contributed by atoms with Crippen LogP contribution in [0.25, 0.3) is 0 Å².